The van der Waals surface area contributed by atoms with Gasteiger partial charge >= 0.3 is 0 Å². The Balaban J connectivity index is 1.76. The lowest BCUT2D eigenvalue weighted by Gasteiger charge is -2.14. The number of benzene rings is 2. The van der Waals surface area contributed by atoms with Crippen molar-refractivity contribution >= 4 is 34.5 Å². The van der Waals surface area contributed by atoms with Gasteiger partial charge in [-0.15, -0.1) is 0 Å². The number of thioether (sulfide) groups is 1. The molecule has 1 heterocycles. The van der Waals surface area contributed by atoms with Gasteiger partial charge in [-0.25, -0.2) is 0 Å². The molecule has 3 amide bonds. The molecule has 0 aromatic heterocycles. The minimum Gasteiger partial charge on any atom is -0.322 e. The first-order chi connectivity index (χ1) is 11.9. The molecule has 0 aliphatic carbocycles. The topological polar surface area (TPSA) is 66.5 Å². The lowest BCUT2D eigenvalue weighted by atomic mass is 10.1. The van der Waals surface area contributed by atoms with Gasteiger partial charge in [-0.2, -0.15) is 0 Å². The highest BCUT2D eigenvalue weighted by atomic mass is 32.2. The van der Waals surface area contributed by atoms with E-state index in [-0.39, 0.29) is 29.4 Å². The monoisotopic (exact) mass is 354 g/mol. The normalized spacial score (nSPS) is 14.1. The first-order valence-corrected chi connectivity index (χ1v) is 8.87. The van der Waals surface area contributed by atoms with Gasteiger partial charge in [-0.05, 0) is 48.7 Å². The maximum atomic E-state index is 12.5. The van der Waals surface area contributed by atoms with Gasteiger partial charge in [0.1, 0.15) is 0 Å². The van der Waals surface area contributed by atoms with E-state index in [1.54, 1.807) is 24.3 Å². The van der Waals surface area contributed by atoms with Gasteiger partial charge in [0.2, 0.25) is 5.91 Å². The van der Waals surface area contributed by atoms with Crippen LogP contribution in [-0.2, 0) is 11.3 Å². The average Bonchev–Trinajstić information content (AvgIpc) is 2.90. The number of amides is 3. The van der Waals surface area contributed by atoms with Crippen molar-refractivity contribution in [1.82, 2.24) is 4.90 Å². The van der Waals surface area contributed by atoms with Crippen LogP contribution in [0.2, 0.25) is 0 Å². The molecule has 0 spiro atoms. The zero-order chi connectivity index (χ0) is 18.0. The molecule has 0 saturated carbocycles. The second-order valence-electron chi connectivity index (χ2n) is 6.01. The van der Waals surface area contributed by atoms with Crippen LogP contribution >= 0.6 is 11.8 Å². The van der Waals surface area contributed by atoms with E-state index < -0.39 is 0 Å². The first-order valence-electron chi connectivity index (χ1n) is 7.89. The van der Waals surface area contributed by atoms with E-state index in [9.17, 15) is 14.4 Å². The summed E-state index contributed by atoms with van der Waals surface area (Å²) >= 11 is 1.01. The molecule has 1 aliphatic rings. The lowest BCUT2D eigenvalue weighted by Crippen LogP contribution is -2.28. The molecule has 1 saturated heterocycles. The zero-order valence-corrected chi connectivity index (χ0v) is 14.9. The summed E-state index contributed by atoms with van der Waals surface area (Å²) in [5.74, 6) is -0.227. The van der Waals surface area contributed by atoms with Crippen LogP contribution < -0.4 is 5.32 Å². The van der Waals surface area contributed by atoms with Crippen molar-refractivity contribution in [1.29, 1.82) is 0 Å². The molecule has 2 aromatic carbocycles. The summed E-state index contributed by atoms with van der Waals surface area (Å²) < 4.78 is 0. The standard InChI is InChI=1S/C19H18N2O3S/c1-12-6-7-13(2)16(8-12)20-18(23)15-5-3-4-14(9-15)10-21-17(22)11-25-19(21)24/h3-9H,10-11H2,1-2H3,(H,20,23). The minimum absolute atomic E-state index is 0.186. The molecule has 0 unspecified atom stereocenters. The number of rotatable bonds is 4. The summed E-state index contributed by atoms with van der Waals surface area (Å²) in [5.41, 5.74) is 4.07. The molecule has 128 valence electrons. The molecule has 2 aromatic rings. The van der Waals surface area contributed by atoms with Crippen LogP contribution in [0.4, 0.5) is 10.5 Å². The highest BCUT2D eigenvalue weighted by Crippen LogP contribution is 2.22. The van der Waals surface area contributed by atoms with Crippen LogP contribution in [0.15, 0.2) is 42.5 Å². The molecule has 1 fully saturated rings. The Kier molecular flexibility index (Phi) is 4.90. The van der Waals surface area contributed by atoms with E-state index in [2.05, 4.69) is 5.32 Å². The molecule has 6 heteroatoms. The molecule has 25 heavy (non-hydrogen) atoms. The third-order valence-corrected chi connectivity index (χ3v) is 4.87. The summed E-state index contributed by atoms with van der Waals surface area (Å²) in [6.45, 7) is 4.10. The summed E-state index contributed by atoms with van der Waals surface area (Å²) in [6, 6.07) is 12.9. The van der Waals surface area contributed by atoms with Crippen LogP contribution in [0.5, 0.6) is 0 Å². The van der Waals surface area contributed by atoms with Crippen molar-refractivity contribution in [2.45, 2.75) is 20.4 Å². The number of carbonyl (C=O) groups is 3. The van der Waals surface area contributed by atoms with E-state index in [1.165, 1.54) is 4.90 Å². The fourth-order valence-electron chi connectivity index (χ4n) is 2.59. The van der Waals surface area contributed by atoms with E-state index in [4.69, 9.17) is 0 Å². The Hall–Kier alpha value is -2.60. The minimum atomic E-state index is -0.241. The predicted molar refractivity (Wildman–Crippen MR) is 98.7 cm³/mol. The van der Waals surface area contributed by atoms with Gasteiger partial charge in [-0.3, -0.25) is 19.3 Å². The fraction of sp³-hybridized carbons (Fsp3) is 0.211. The Morgan fingerprint density at radius 2 is 1.96 bits per heavy atom. The van der Waals surface area contributed by atoms with Gasteiger partial charge < -0.3 is 5.32 Å². The highest BCUT2D eigenvalue weighted by Gasteiger charge is 2.29. The van der Waals surface area contributed by atoms with Crippen molar-refractivity contribution in [2.24, 2.45) is 0 Å². The van der Waals surface area contributed by atoms with Gasteiger partial charge in [0, 0.05) is 11.3 Å². The van der Waals surface area contributed by atoms with Crippen LogP contribution in [-0.4, -0.2) is 27.7 Å². The third kappa shape index (κ3) is 3.91. The van der Waals surface area contributed by atoms with Crippen LogP contribution in [0.1, 0.15) is 27.0 Å². The molecule has 5 nitrogen and oxygen atoms in total. The molecule has 0 atom stereocenters. The zero-order valence-electron chi connectivity index (χ0n) is 14.0. The molecule has 1 aliphatic heterocycles. The lowest BCUT2D eigenvalue weighted by molar-refractivity contribution is -0.125. The number of nitrogens with one attached hydrogen (secondary N) is 1. The third-order valence-electron chi connectivity index (χ3n) is 4.01. The van der Waals surface area contributed by atoms with E-state index >= 15 is 0 Å². The van der Waals surface area contributed by atoms with Crippen LogP contribution in [0, 0.1) is 13.8 Å². The molecule has 0 radical (unpaired) electrons. The Morgan fingerprint density at radius 1 is 1.16 bits per heavy atom. The summed E-state index contributed by atoms with van der Waals surface area (Å²) in [5, 5.41) is 2.67. The number of hydrogen-bond acceptors (Lipinski definition) is 4. The smallest absolute Gasteiger partial charge is 0.289 e. The molecular weight excluding hydrogens is 336 g/mol. The van der Waals surface area contributed by atoms with E-state index in [1.807, 2.05) is 32.0 Å². The average molecular weight is 354 g/mol. The maximum Gasteiger partial charge on any atom is 0.289 e. The van der Waals surface area contributed by atoms with Crippen molar-refractivity contribution in [3.8, 4) is 0 Å². The summed E-state index contributed by atoms with van der Waals surface area (Å²) in [4.78, 5) is 37.2. The number of aryl methyl sites for hydroxylation is 2. The second kappa shape index (κ2) is 7.11. The molecule has 3 rings (SSSR count). The largest absolute Gasteiger partial charge is 0.322 e. The Labute approximate surface area is 150 Å². The fourth-order valence-corrected chi connectivity index (χ4v) is 3.32. The van der Waals surface area contributed by atoms with E-state index in [0.717, 1.165) is 34.1 Å². The quantitative estimate of drug-likeness (QED) is 0.908. The Morgan fingerprint density at radius 3 is 2.68 bits per heavy atom. The number of hydrogen-bond donors (Lipinski definition) is 1. The number of anilines is 1. The van der Waals surface area contributed by atoms with Crippen LogP contribution in [0.25, 0.3) is 0 Å². The second-order valence-corrected chi connectivity index (χ2v) is 6.93. The Bertz CT molecular complexity index is 847. The molecular formula is C19H18N2O3S. The van der Waals surface area contributed by atoms with Gasteiger partial charge in [0.25, 0.3) is 11.1 Å². The number of nitrogens with zero attached hydrogens (tertiary/aromatic N) is 1. The van der Waals surface area contributed by atoms with Crippen molar-refractivity contribution < 1.29 is 14.4 Å². The van der Waals surface area contributed by atoms with E-state index in [0.29, 0.717) is 5.56 Å². The van der Waals surface area contributed by atoms with Gasteiger partial charge in [0.15, 0.2) is 0 Å². The molecule has 1 N–H and O–H groups in total. The first kappa shape index (κ1) is 17.2. The maximum absolute atomic E-state index is 12.5. The van der Waals surface area contributed by atoms with Gasteiger partial charge in [0.05, 0.1) is 12.3 Å². The van der Waals surface area contributed by atoms with Gasteiger partial charge in [-0.1, -0.05) is 36.0 Å². The molecule has 0 bridgehead atoms. The number of carbonyl (C=O) groups excluding carboxylic acids is 3. The van der Waals surface area contributed by atoms with Crippen molar-refractivity contribution in [3.05, 3.63) is 64.7 Å². The summed E-state index contributed by atoms with van der Waals surface area (Å²) in [7, 11) is 0. The van der Waals surface area contributed by atoms with Crippen LogP contribution in [0.3, 0.4) is 0 Å². The van der Waals surface area contributed by atoms with Crippen molar-refractivity contribution in [3.63, 3.8) is 0 Å². The van der Waals surface area contributed by atoms with Crippen molar-refractivity contribution in [2.75, 3.05) is 11.1 Å². The predicted octanol–water partition coefficient (Wildman–Crippen LogP) is 3.75. The highest BCUT2D eigenvalue weighted by molar-refractivity contribution is 8.14. The number of imide groups is 1. The summed E-state index contributed by atoms with van der Waals surface area (Å²) in [6.07, 6.45) is 0. The SMILES string of the molecule is Cc1ccc(C)c(NC(=O)c2cccc(CN3C(=O)CSC3=O)c2)c1.